The predicted molar refractivity (Wildman–Crippen MR) is 67.2 cm³/mol. The molecule has 3 rings (SSSR count). The normalized spacial score (nSPS) is 33.0. The molecule has 1 saturated carbocycles. The molecule has 96 valence electrons. The van der Waals surface area contributed by atoms with Crippen LogP contribution in [0.5, 0.6) is 0 Å². The van der Waals surface area contributed by atoms with Crippen molar-refractivity contribution in [2.45, 2.75) is 37.7 Å². The molecule has 0 saturated heterocycles. The zero-order valence-electron chi connectivity index (χ0n) is 10.6. The molecule has 1 aromatic carbocycles. The Labute approximate surface area is 107 Å². The van der Waals surface area contributed by atoms with Crippen LogP contribution >= 0.6 is 0 Å². The molecule has 0 heterocycles. The van der Waals surface area contributed by atoms with E-state index in [4.69, 9.17) is 4.74 Å². The van der Waals surface area contributed by atoms with Crippen LogP contribution in [0.15, 0.2) is 24.3 Å². The Morgan fingerprint density at radius 3 is 3.06 bits per heavy atom. The maximum absolute atomic E-state index is 10.9. The van der Waals surface area contributed by atoms with Crippen LogP contribution < -0.4 is 0 Å². The fourth-order valence-electron chi connectivity index (χ4n) is 3.57. The van der Waals surface area contributed by atoms with Crippen molar-refractivity contribution < 1.29 is 14.6 Å². The summed E-state index contributed by atoms with van der Waals surface area (Å²) in [5.74, 6) is 0.164. The van der Waals surface area contributed by atoms with Gasteiger partial charge in [0, 0.05) is 18.8 Å². The number of benzene rings is 1. The Hall–Kier alpha value is -1.35. The van der Waals surface area contributed by atoms with Crippen LogP contribution in [0.3, 0.4) is 0 Å². The van der Waals surface area contributed by atoms with Gasteiger partial charge in [0.2, 0.25) is 0 Å². The molecular formula is C15H18O3. The molecule has 2 aliphatic carbocycles. The van der Waals surface area contributed by atoms with Crippen molar-refractivity contribution in [1.29, 1.82) is 0 Å². The highest BCUT2D eigenvalue weighted by Gasteiger charge is 2.55. The second-order valence-electron chi connectivity index (χ2n) is 5.55. The molecule has 3 nitrogen and oxygen atoms in total. The average Bonchev–Trinajstić information content (AvgIpc) is 2.32. The largest absolute Gasteiger partial charge is 0.466 e. The number of esters is 1. The Kier molecular flexibility index (Phi) is 2.67. The molecule has 3 heteroatoms. The van der Waals surface area contributed by atoms with Crippen molar-refractivity contribution in [3.8, 4) is 0 Å². The molecular weight excluding hydrogens is 228 g/mol. The average molecular weight is 246 g/mol. The highest BCUT2D eigenvalue weighted by atomic mass is 16.5. The van der Waals surface area contributed by atoms with Gasteiger partial charge in [-0.25, -0.2) is 0 Å². The number of carbonyl (C=O) groups is 1. The number of rotatable bonds is 2. The molecule has 0 aromatic heterocycles. The number of carbonyl (C=O) groups excluding carboxylic acids is 1. The van der Waals surface area contributed by atoms with Gasteiger partial charge in [0.15, 0.2) is 0 Å². The van der Waals surface area contributed by atoms with Crippen molar-refractivity contribution in [3.05, 3.63) is 35.4 Å². The number of hydrogen-bond donors (Lipinski definition) is 1. The second kappa shape index (κ2) is 4.09. The first-order chi connectivity index (χ1) is 8.60. The van der Waals surface area contributed by atoms with E-state index < -0.39 is 5.60 Å². The van der Waals surface area contributed by atoms with Crippen LogP contribution in [0.25, 0.3) is 0 Å². The summed E-state index contributed by atoms with van der Waals surface area (Å²) >= 11 is 0. The molecule has 0 bridgehead atoms. The Balaban J connectivity index is 1.83. The minimum Gasteiger partial charge on any atom is -0.466 e. The number of aryl methyl sites for hydroxylation is 1. The van der Waals surface area contributed by atoms with Crippen LogP contribution in [0, 0.1) is 5.92 Å². The minimum absolute atomic E-state index is 0.141. The summed E-state index contributed by atoms with van der Waals surface area (Å²) < 4.78 is 5.10. The van der Waals surface area contributed by atoms with Crippen molar-refractivity contribution in [2.75, 3.05) is 6.61 Å². The fraction of sp³-hybridized carbons (Fsp3) is 0.533. The SMILES string of the molecule is CC(=O)OC[C@H]1C[C@]2(O)CCc3ccccc3[C@H]12. The second-order valence-corrected chi connectivity index (χ2v) is 5.55. The van der Waals surface area contributed by atoms with Gasteiger partial charge in [0.25, 0.3) is 0 Å². The molecule has 0 aliphatic heterocycles. The van der Waals surface area contributed by atoms with Crippen molar-refractivity contribution >= 4 is 5.97 Å². The third kappa shape index (κ3) is 1.74. The molecule has 0 unspecified atom stereocenters. The van der Waals surface area contributed by atoms with E-state index in [1.165, 1.54) is 18.1 Å². The zero-order valence-corrected chi connectivity index (χ0v) is 10.6. The zero-order chi connectivity index (χ0) is 12.8. The van der Waals surface area contributed by atoms with Gasteiger partial charge in [-0.05, 0) is 30.4 Å². The lowest BCUT2D eigenvalue weighted by Gasteiger charge is -2.55. The molecule has 1 fully saturated rings. The number of fused-ring (bicyclic) bond motifs is 3. The van der Waals surface area contributed by atoms with Gasteiger partial charge >= 0.3 is 5.97 Å². The van der Waals surface area contributed by atoms with Crippen LogP contribution in [0.1, 0.15) is 36.8 Å². The molecule has 1 N–H and O–H groups in total. The van der Waals surface area contributed by atoms with Gasteiger partial charge in [-0.15, -0.1) is 0 Å². The summed E-state index contributed by atoms with van der Waals surface area (Å²) in [6.45, 7) is 1.86. The highest BCUT2D eigenvalue weighted by molar-refractivity contribution is 5.65. The Bertz CT molecular complexity index is 482. The van der Waals surface area contributed by atoms with E-state index in [0.29, 0.717) is 6.61 Å². The molecule has 1 aromatic rings. The van der Waals surface area contributed by atoms with Crippen molar-refractivity contribution in [1.82, 2.24) is 0 Å². The molecule has 3 atom stereocenters. The van der Waals surface area contributed by atoms with E-state index in [1.54, 1.807) is 0 Å². The van der Waals surface area contributed by atoms with E-state index >= 15 is 0 Å². The van der Waals surface area contributed by atoms with Gasteiger partial charge in [-0.3, -0.25) is 4.79 Å². The monoisotopic (exact) mass is 246 g/mol. The number of ether oxygens (including phenoxy) is 1. The highest BCUT2D eigenvalue weighted by Crippen LogP contribution is 2.56. The van der Waals surface area contributed by atoms with Crippen LogP contribution in [-0.4, -0.2) is 23.3 Å². The molecule has 18 heavy (non-hydrogen) atoms. The lowest BCUT2D eigenvalue weighted by Crippen LogP contribution is -2.56. The van der Waals surface area contributed by atoms with Gasteiger partial charge in [0.05, 0.1) is 12.2 Å². The number of aliphatic hydroxyl groups is 1. The van der Waals surface area contributed by atoms with Gasteiger partial charge in [-0.1, -0.05) is 24.3 Å². The van der Waals surface area contributed by atoms with Gasteiger partial charge < -0.3 is 9.84 Å². The topological polar surface area (TPSA) is 46.5 Å². The summed E-state index contributed by atoms with van der Waals surface area (Å²) in [7, 11) is 0. The summed E-state index contributed by atoms with van der Waals surface area (Å²) in [5, 5.41) is 10.6. The third-order valence-corrected chi connectivity index (χ3v) is 4.38. The van der Waals surface area contributed by atoms with Crippen molar-refractivity contribution in [2.24, 2.45) is 5.92 Å². The summed E-state index contributed by atoms with van der Waals surface area (Å²) in [5.41, 5.74) is 2.01. The van der Waals surface area contributed by atoms with E-state index in [2.05, 4.69) is 12.1 Å². The van der Waals surface area contributed by atoms with Gasteiger partial charge in [0.1, 0.15) is 0 Å². The maximum atomic E-state index is 10.9. The minimum atomic E-state index is -0.570. The number of hydrogen-bond acceptors (Lipinski definition) is 3. The Morgan fingerprint density at radius 1 is 1.50 bits per heavy atom. The standard InChI is InChI=1S/C15H18O3/c1-10(16)18-9-12-8-15(17)7-6-11-4-2-3-5-13(11)14(12)15/h2-5,12,14,17H,6-9H2,1H3/t12-,14+,15-/m1/s1. The van der Waals surface area contributed by atoms with Crippen LogP contribution in [-0.2, 0) is 16.0 Å². The first kappa shape index (κ1) is 11.7. The molecule has 0 amide bonds. The first-order valence-corrected chi connectivity index (χ1v) is 6.54. The maximum Gasteiger partial charge on any atom is 0.302 e. The predicted octanol–water partition coefficient (Wildman–Crippen LogP) is 2.03. The quantitative estimate of drug-likeness (QED) is 0.812. The van der Waals surface area contributed by atoms with E-state index in [9.17, 15) is 9.90 Å². The summed E-state index contributed by atoms with van der Waals surface area (Å²) in [6, 6.07) is 8.30. The lowest BCUT2D eigenvalue weighted by molar-refractivity contribution is -0.156. The molecule has 2 aliphatic rings. The van der Waals surface area contributed by atoms with Crippen LogP contribution in [0.4, 0.5) is 0 Å². The van der Waals surface area contributed by atoms with E-state index in [-0.39, 0.29) is 17.8 Å². The Morgan fingerprint density at radius 2 is 2.28 bits per heavy atom. The third-order valence-electron chi connectivity index (χ3n) is 4.38. The molecule has 0 radical (unpaired) electrons. The van der Waals surface area contributed by atoms with E-state index in [1.807, 2.05) is 12.1 Å². The summed E-state index contributed by atoms with van der Waals surface area (Å²) in [4.78, 5) is 10.9. The first-order valence-electron chi connectivity index (χ1n) is 6.54. The summed E-state index contributed by atoms with van der Waals surface area (Å²) in [6.07, 6.45) is 2.52. The fourth-order valence-corrected chi connectivity index (χ4v) is 3.57. The van der Waals surface area contributed by atoms with Gasteiger partial charge in [-0.2, -0.15) is 0 Å². The molecule has 0 spiro atoms. The smallest absolute Gasteiger partial charge is 0.302 e. The van der Waals surface area contributed by atoms with Crippen LogP contribution in [0.2, 0.25) is 0 Å². The van der Waals surface area contributed by atoms with E-state index in [0.717, 1.165) is 19.3 Å². The van der Waals surface area contributed by atoms with Crippen molar-refractivity contribution in [3.63, 3.8) is 0 Å². The lowest BCUT2D eigenvalue weighted by atomic mass is 9.54.